The van der Waals surface area contributed by atoms with E-state index >= 15 is 0 Å². The average molecular weight is 301 g/mol. The maximum Gasteiger partial charge on any atom is 0.303 e. The Bertz CT molecular complexity index is 581. The van der Waals surface area contributed by atoms with Crippen LogP contribution in [0.5, 0.6) is 0 Å². The van der Waals surface area contributed by atoms with Crippen LogP contribution in [-0.4, -0.2) is 46.4 Å². The molecule has 8 heteroatoms. The van der Waals surface area contributed by atoms with Gasteiger partial charge in [0.15, 0.2) is 5.03 Å². The highest BCUT2D eigenvalue weighted by atomic mass is 32.2. The minimum atomic E-state index is -3.55. The van der Waals surface area contributed by atoms with Gasteiger partial charge in [-0.05, 0) is 25.7 Å². The molecule has 0 saturated carbocycles. The molecular formula is C12H19N3O4S. The van der Waals surface area contributed by atoms with Crippen molar-refractivity contribution in [3.63, 3.8) is 0 Å². The number of aromatic nitrogens is 2. The summed E-state index contributed by atoms with van der Waals surface area (Å²) in [6.07, 6.45) is 4.35. The van der Waals surface area contributed by atoms with E-state index in [4.69, 9.17) is 5.11 Å². The van der Waals surface area contributed by atoms with Gasteiger partial charge in [-0.2, -0.15) is 4.31 Å². The number of rotatable bonds is 6. The molecule has 1 fully saturated rings. The molecule has 0 aromatic carbocycles. The summed E-state index contributed by atoms with van der Waals surface area (Å²) in [5, 5.41) is 8.73. The van der Waals surface area contributed by atoms with Crippen LogP contribution in [0, 0.1) is 5.92 Å². The van der Waals surface area contributed by atoms with Crippen molar-refractivity contribution in [2.24, 2.45) is 5.92 Å². The number of carboxylic acids is 1. The zero-order valence-corrected chi connectivity index (χ0v) is 12.2. The van der Waals surface area contributed by atoms with Gasteiger partial charge >= 0.3 is 5.97 Å². The predicted molar refractivity (Wildman–Crippen MR) is 71.6 cm³/mol. The number of hydrogen-bond acceptors (Lipinski definition) is 4. The Hall–Kier alpha value is -1.41. The van der Waals surface area contributed by atoms with Gasteiger partial charge in [0.25, 0.3) is 10.0 Å². The largest absolute Gasteiger partial charge is 0.481 e. The second kappa shape index (κ2) is 5.92. The molecule has 2 rings (SSSR count). The van der Waals surface area contributed by atoms with Gasteiger partial charge in [-0.15, -0.1) is 0 Å². The number of aliphatic carboxylic acids is 1. The maximum absolute atomic E-state index is 12.4. The standard InChI is InChI=1S/C12H19N3O4S/c1-2-14-8-11(13-9-14)20(18,19)15-6-5-10(7-15)3-4-12(16)17/h8-10H,2-7H2,1H3,(H,16,17). The minimum Gasteiger partial charge on any atom is -0.481 e. The van der Waals surface area contributed by atoms with Crippen LogP contribution in [0.4, 0.5) is 0 Å². The summed E-state index contributed by atoms with van der Waals surface area (Å²) < 4.78 is 27.9. The summed E-state index contributed by atoms with van der Waals surface area (Å²) in [6.45, 7) is 3.40. The van der Waals surface area contributed by atoms with E-state index in [9.17, 15) is 13.2 Å². The Morgan fingerprint density at radius 2 is 2.30 bits per heavy atom. The van der Waals surface area contributed by atoms with Crippen molar-refractivity contribution >= 4 is 16.0 Å². The van der Waals surface area contributed by atoms with Crippen LogP contribution in [0.2, 0.25) is 0 Å². The van der Waals surface area contributed by atoms with Crippen molar-refractivity contribution < 1.29 is 18.3 Å². The average Bonchev–Trinajstić information content (AvgIpc) is 3.05. The van der Waals surface area contributed by atoms with Gasteiger partial charge < -0.3 is 9.67 Å². The van der Waals surface area contributed by atoms with E-state index in [1.165, 1.54) is 16.8 Å². The molecule has 2 heterocycles. The molecular weight excluding hydrogens is 282 g/mol. The van der Waals surface area contributed by atoms with Crippen LogP contribution in [0.3, 0.4) is 0 Å². The van der Waals surface area contributed by atoms with Crippen LogP contribution in [0.15, 0.2) is 17.6 Å². The third kappa shape index (κ3) is 3.18. The fraction of sp³-hybridized carbons (Fsp3) is 0.667. The molecule has 1 atom stereocenters. The molecule has 112 valence electrons. The van der Waals surface area contributed by atoms with E-state index in [0.29, 0.717) is 32.5 Å². The number of sulfonamides is 1. The normalized spacial score (nSPS) is 20.4. The summed E-state index contributed by atoms with van der Waals surface area (Å²) in [5.74, 6) is -0.720. The quantitative estimate of drug-likeness (QED) is 0.838. The van der Waals surface area contributed by atoms with Gasteiger partial charge in [0.2, 0.25) is 0 Å². The van der Waals surface area contributed by atoms with Crippen molar-refractivity contribution in [1.82, 2.24) is 13.9 Å². The number of carbonyl (C=O) groups is 1. The molecule has 0 spiro atoms. The van der Waals surface area contributed by atoms with Crippen molar-refractivity contribution in [1.29, 1.82) is 0 Å². The van der Waals surface area contributed by atoms with Crippen LogP contribution in [0.25, 0.3) is 0 Å². The second-order valence-electron chi connectivity index (χ2n) is 4.99. The van der Waals surface area contributed by atoms with Gasteiger partial charge in [-0.25, -0.2) is 13.4 Å². The third-order valence-corrected chi connectivity index (χ3v) is 5.34. The first-order valence-corrected chi connectivity index (χ1v) is 8.11. The van der Waals surface area contributed by atoms with Gasteiger partial charge in [0.1, 0.15) is 0 Å². The molecule has 1 aliphatic rings. The first-order chi connectivity index (χ1) is 9.43. The molecule has 0 aliphatic carbocycles. The summed E-state index contributed by atoms with van der Waals surface area (Å²) in [7, 11) is -3.55. The summed E-state index contributed by atoms with van der Waals surface area (Å²) in [5.41, 5.74) is 0. The van der Waals surface area contributed by atoms with Crippen molar-refractivity contribution in [3.8, 4) is 0 Å². The Kier molecular flexibility index (Phi) is 4.44. The molecule has 7 nitrogen and oxygen atoms in total. The summed E-state index contributed by atoms with van der Waals surface area (Å²) in [4.78, 5) is 14.5. The summed E-state index contributed by atoms with van der Waals surface area (Å²) >= 11 is 0. The molecule has 1 N–H and O–H groups in total. The van der Waals surface area contributed by atoms with E-state index in [2.05, 4.69) is 4.98 Å². The fourth-order valence-electron chi connectivity index (χ4n) is 2.36. The zero-order chi connectivity index (χ0) is 14.8. The number of aryl methyl sites for hydroxylation is 1. The highest BCUT2D eigenvalue weighted by Gasteiger charge is 2.33. The number of nitrogens with zero attached hydrogens (tertiary/aromatic N) is 3. The predicted octanol–water partition coefficient (Wildman–Crippen LogP) is 0.778. The molecule has 1 aliphatic heterocycles. The van der Waals surface area contributed by atoms with E-state index in [0.717, 1.165) is 0 Å². The lowest BCUT2D eigenvalue weighted by atomic mass is 10.0. The topological polar surface area (TPSA) is 92.5 Å². The minimum absolute atomic E-state index is 0.0678. The lowest BCUT2D eigenvalue weighted by molar-refractivity contribution is -0.137. The number of imidazole rings is 1. The molecule has 1 saturated heterocycles. The lowest BCUT2D eigenvalue weighted by Crippen LogP contribution is -2.29. The number of hydrogen-bond donors (Lipinski definition) is 1. The Labute approximate surface area is 118 Å². The third-order valence-electron chi connectivity index (χ3n) is 3.59. The second-order valence-corrected chi connectivity index (χ2v) is 6.88. The lowest BCUT2D eigenvalue weighted by Gasteiger charge is -2.14. The van der Waals surface area contributed by atoms with Crippen LogP contribution in [0.1, 0.15) is 26.2 Å². The van der Waals surface area contributed by atoms with Crippen molar-refractivity contribution in [2.75, 3.05) is 13.1 Å². The molecule has 0 radical (unpaired) electrons. The van der Waals surface area contributed by atoms with Crippen LogP contribution < -0.4 is 0 Å². The zero-order valence-electron chi connectivity index (χ0n) is 11.4. The molecule has 1 unspecified atom stereocenters. The van der Waals surface area contributed by atoms with Crippen LogP contribution >= 0.6 is 0 Å². The van der Waals surface area contributed by atoms with Gasteiger partial charge in [-0.1, -0.05) is 0 Å². The van der Waals surface area contributed by atoms with Crippen LogP contribution in [-0.2, 0) is 21.4 Å². The van der Waals surface area contributed by atoms with Gasteiger partial charge in [-0.3, -0.25) is 4.79 Å². The van der Waals surface area contributed by atoms with Gasteiger partial charge in [0.05, 0.1) is 6.33 Å². The van der Waals surface area contributed by atoms with Crippen molar-refractivity contribution in [3.05, 3.63) is 12.5 Å². The van der Waals surface area contributed by atoms with Gasteiger partial charge in [0, 0.05) is 32.3 Å². The summed E-state index contributed by atoms with van der Waals surface area (Å²) in [6, 6.07) is 0. The molecule has 20 heavy (non-hydrogen) atoms. The van der Waals surface area contributed by atoms with E-state index in [1.807, 2.05) is 6.92 Å². The van der Waals surface area contributed by atoms with Crippen molar-refractivity contribution in [2.45, 2.75) is 37.8 Å². The van der Waals surface area contributed by atoms with E-state index in [1.54, 1.807) is 4.57 Å². The Morgan fingerprint density at radius 1 is 1.55 bits per heavy atom. The molecule has 1 aromatic heterocycles. The smallest absolute Gasteiger partial charge is 0.303 e. The fourth-order valence-corrected chi connectivity index (χ4v) is 3.82. The molecule has 0 amide bonds. The first kappa shape index (κ1) is 15.0. The highest BCUT2D eigenvalue weighted by Crippen LogP contribution is 2.26. The van der Waals surface area contributed by atoms with E-state index < -0.39 is 16.0 Å². The number of carboxylic acid groups (broad SMARTS) is 1. The molecule has 1 aromatic rings. The SMILES string of the molecule is CCn1cnc(S(=O)(=O)N2CCC(CCC(=O)O)C2)c1. The Balaban J connectivity index is 2.02. The monoisotopic (exact) mass is 301 g/mol. The first-order valence-electron chi connectivity index (χ1n) is 6.67. The molecule has 0 bridgehead atoms. The maximum atomic E-state index is 12.4. The highest BCUT2D eigenvalue weighted by molar-refractivity contribution is 7.89. The Morgan fingerprint density at radius 3 is 2.90 bits per heavy atom. The van der Waals surface area contributed by atoms with E-state index in [-0.39, 0.29) is 17.4 Å².